The zero-order valence-electron chi connectivity index (χ0n) is 25.1. The van der Waals surface area contributed by atoms with Gasteiger partial charge in [0, 0.05) is 61.2 Å². The second-order valence-corrected chi connectivity index (χ2v) is 10.9. The Balaban J connectivity index is 1.06. The molecular weight excluding hydrogens is 568 g/mol. The fourth-order valence-electron chi connectivity index (χ4n) is 5.27. The number of piperidine rings is 1. The van der Waals surface area contributed by atoms with E-state index in [1.54, 1.807) is 60.5 Å². The molecule has 2 N–H and O–H groups in total. The lowest BCUT2D eigenvalue weighted by Gasteiger charge is -2.31. The van der Waals surface area contributed by atoms with Crippen LogP contribution in [0.3, 0.4) is 0 Å². The van der Waals surface area contributed by atoms with Crippen LogP contribution in [0.2, 0.25) is 0 Å². The molecular formula is C36H36N4O5. The van der Waals surface area contributed by atoms with Crippen LogP contribution in [0.15, 0.2) is 103 Å². The summed E-state index contributed by atoms with van der Waals surface area (Å²) in [5.74, 6) is -0.373. The maximum Gasteiger partial charge on any atom is 0.411 e. The molecule has 3 amide bonds. The zero-order valence-corrected chi connectivity index (χ0v) is 25.1. The molecule has 0 radical (unpaired) electrons. The number of nitrogens with zero attached hydrogens (tertiary/aromatic N) is 2. The maximum absolute atomic E-state index is 13.0. The summed E-state index contributed by atoms with van der Waals surface area (Å²) in [6, 6.07) is 31.0. The molecule has 5 rings (SSSR count). The monoisotopic (exact) mass is 604 g/mol. The number of nitrogens with one attached hydrogen (secondary N) is 2. The van der Waals surface area contributed by atoms with Crippen molar-refractivity contribution in [3.63, 3.8) is 0 Å². The molecule has 9 nitrogen and oxygen atoms in total. The molecule has 1 aliphatic heterocycles. The summed E-state index contributed by atoms with van der Waals surface area (Å²) < 4.78 is 5.74. The minimum Gasteiger partial charge on any atom is -0.446 e. The molecule has 1 fully saturated rings. The third kappa shape index (κ3) is 8.43. The van der Waals surface area contributed by atoms with Crippen LogP contribution in [0.1, 0.15) is 40.0 Å². The first-order chi connectivity index (χ1) is 21.9. The van der Waals surface area contributed by atoms with Crippen molar-refractivity contribution in [3.05, 3.63) is 114 Å². The van der Waals surface area contributed by atoms with Crippen LogP contribution in [-0.4, -0.2) is 61.9 Å². The number of carbonyl (C=O) groups excluding carboxylic acids is 4. The largest absolute Gasteiger partial charge is 0.446 e. The van der Waals surface area contributed by atoms with E-state index >= 15 is 0 Å². The van der Waals surface area contributed by atoms with Gasteiger partial charge in [0.25, 0.3) is 5.91 Å². The van der Waals surface area contributed by atoms with E-state index in [4.69, 9.17) is 4.74 Å². The Kier molecular flexibility index (Phi) is 10.3. The maximum atomic E-state index is 13.0. The molecule has 0 spiro atoms. The molecule has 0 aromatic heterocycles. The van der Waals surface area contributed by atoms with Gasteiger partial charge in [-0.05, 0) is 66.9 Å². The van der Waals surface area contributed by atoms with Crippen LogP contribution in [-0.2, 0) is 9.53 Å². The minimum absolute atomic E-state index is 0.0631. The Morgan fingerprint density at radius 1 is 0.867 bits per heavy atom. The fourth-order valence-corrected chi connectivity index (χ4v) is 5.27. The van der Waals surface area contributed by atoms with E-state index in [0.717, 1.165) is 30.5 Å². The summed E-state index contributed by atoms with van der Waals surface area (Å²) in [6.07, 6.45) is 1.77. The molecule has 4 aromatic rings. The van der Waals surface area contributed by atoms with Gasteiger partial charge in [0.2, 0.25) is 5.91 Å². The van der Waals surface area contributed by atoms with Gasteiger partial charge in [0.1, 0.15) is 12.4 Å². The highest BCUT2D eigenvalue weighted by atomic mass is 16.6. The van der Waals surface area contributed by atoms with Gasteiger partial charge >= 0.3 is 6.09 Å². The summed E-state index contributed by atoms with van der Waals surface area (Å²) in [7, 11) is 1.70. The number of ether oxygens (including phenoxy) is 1. The highest BCUT2D eigenvalue weighted by Crippen LogP contribution is 2.28. The van der Waals surface area contributed by atoms with Crippen molar-refractivity contribution >= 4 is 41.3 Å². The molecule has 0 atom stereocenters. The quantitative estimate of drug-likeness (QED) is 0.201. The van der Waals surface area contributed by atoms with Crippen molar-refractivity contribution in [1.29, 1.82) is 0 Å². The number of benzene rings is 4. The van der Waals surface area contributed by atoms with E-state index in [9.17, 15) is 19.2 Å². The topological polar surface area (TPSA) is 108 Å². The van der Waals surface area contributed by atoms with Crippen LogP contribution in [0.25, 0.3) is 11.1 Å². The molecule has 0 unspecified atom stereocenters. The molecule has 230 valence electrons. The summed E-state index contributed by atoms with van der Waals surface area (Å²) >= 11 is 0. The number of anilines is 3. The van der Waals surface area contributed by atoms with E-state index in [-0.39, 0.29) is 17.9 Å². The standard InChI is InChI=1S/C36H36N4O5/c1-39(30-11-7-10-28(24-30)35(43)37-29-16-14-26(25-41)15-17-29)34(42)20-23-40-21-18-31(19-22-40)45-36(44)38-33-13-6-5-12-32(33)27-8-3-2-4-9-27/h2-17,24-25,31H,18-23H2,1H3,(H,37,43)(H,38,44). The number of hydrogen-bond donors (Lipinski definition) is 2. The van der Waals surface area contributed by atoms with Gasteiger partial charge in [-0.1, -0.05) is 54.6 Å². The SMILES string of the molecule is CN(C(=O)CCN1CCC(OC(=O)Nc2ccccc2-c2ccccc2)CC1)c1cccc(C(=O)Nc2ccc(C=O)cc2)c1. The number of hydrogen-bond acceptors (Lipinski definition) is 6. The Morgan fingerprint density at radius 2 is 1.58 bits per heavy atom. The molecule has 1 saturated heterocycles. The lowest BCUT2D eigenvalue weighted by atomic mass is 10.0. The lowest BCUT2D eigenvalue weighted by molar-refractivity contribution is -0.118. The summed E-state index contributed by atoms with van der Waals surface area (Å²) in [5, 5.41) is 5.71. The third-order valence-corrected chi connectivity index (χ3v) is 7.87. The van der Waals surface area contributed by atoms with Gasteiger partial charge < -0.3 is 19.9 Å². The first-order valence-corrected chi connectivity index (χ1v) is 15.0. The van der Waals surface area contributed by atoms with Crippen LogP contribution in [0.4, 0.5) is 21.9 Å². The highest BCUT2D eigenvalue weighted by Gasteiger charge is 2.24. The van der Waals surface area contributed by atoms with Gasteiger partial charge in [-0.2, -0.15) is 0 Å². The van der Waals surface area contributed by atoms with Crippen LogP contribution >= 0.6 is 0 Å². The molecule has 4 aromatic carbocycles. The number of rotatable bonds is 10. The molecule has 9 heteroatoms. The second kappa shape index (κ2) is 14.9. The van der Waals surface area contributed by atoms with E-state index in [0.29, 0.717) is 54.0 Å². The Morgan fingerprint density at radius 3 is 2.31 bits per heavy atom. The molecule has 1 heterocycles. The number of likely N-dealkylation sites (tertiary alicyclic amines) is 1. The van der Waals surface area contributed by atoms with Gasteiger partial charge in [0.15, 0.2) is 0 Å². The van der Waals surface area contributed by atoms with Gasteiger partial charge in [0.05, 0.1) is 5.69 Å². The molecule has 45 heavy (non-hydrogen) atoms. The summed E-state index contributed by atoms with van der Waals surface area (Å²) in [6.45, 7) is 2.03. The van der Waals surface area contributed by atoms with E-state index < -0.39 is 6.09 Å². The van der Waals surface area contributed by atoms with E-state index in [1.165, 1.54) is 0 Å². The fraction of sp³-hybridized carbons (Fsp3) is 0.222. The average molecular weight is 605 g/mol. The van der Waals surface area contributed by atoms with Crippen molar-refractivity contribution in [1.82, 2.24) is 4.90 Å². The molecule has 1 aliphatic rings. The van der Waals surface area contributed by atoms with Gasteiger partial charge in [-0.25, -0.2) is 4.79 Å². The third-order valence-electron chi connectivity index (χ3n) is 7.87. The van der Waals surface area contributed by atoms with Crippen molar-refractivity contribution < 1.29 is 23.9 Å². The lowest BCUT2D eigenvalue weighted by Crippen LogP contribution is -2.40. The first-order valence-electron chi connectivity index (χ1n) is 15.0. The first kappa shape index (κ1) is 31.2. The number of carbonyl (C=O) groups is 4. The van der Waals surface area contributed by atoms with Crippen molar-refractivity contribution in [3.8, 4) is 11.1 Å². The van der Waals surface area contributed by atoms with Crippen molar-refractivity contribution in [2.24, 2.45) is 0 Å². The zero-order chi connectivity index (χ0) is 31.6. The van der Waals surface area contributed by atoms with Crippen molar-refractivity contribution in [2.45, 2.75) is 25.4 Å². The molecule has 0 aliphatic carbocycles. The predicted octanol–water partition coefficient (Wildman–Crippen LogP) is 6.48. The molecule has 0 saturated carbocycles. The van der Waals surface area contributed by atoms with Gasteiger partial charge in [-0.3, -0.25) is 19.7 Å². The number of amides is 3. The van der Waals surface area contributed by atoms with Crippen LogP contribution < -0.4 is 15.5 Å². The summed E-state index contributed by atoms with van der Waals surface area (Å²) in [5.41, 5.74) is 4.78. The van der Waals surface area contributed by atoms with E-state index in [2.05, 4.69) is 15.5 Å². The smallest absolute Gasteiger partial charge is 0.411 e. The normalized spacial score (nSPS) is 13.4. The second-order valence-electron chi connectivity index (χ2n) is 10.9. The predicted molar refractivity (Wildman–Crippen MR) is 176 cm³/mol. The Bertz CT molecular complexity index is 1630. The van der Waals surface area contributed by atoms with Gasteiger partial charge in [-0.15, -0.1) is 0 Å². The van der Waals surface area contributed by atoms with Crippen molar-refractivity contribution in [2.75, 3.05) is 42.2 Å². The average Bonchev–Trinajstić information content (AvgIpc) is 3.08. The Hall–Kier alpha value is -5.28. The van der Waals surface area contributed by atoms with Crippen LogP contribution in [0.5, 0.6) is 0 Å². The van der Waals surface area contributed by atoms with E-state index in [1.807, 2.05) is 54.6 Å². The Labute approximate surface area is 262 Å². The number of aldehydes is 1. The highest BCUT2D eigenvalue weighted by molar-refractivity contribution is 6.05. The summed E-state index contributed by atoms with van der Waals surface area (Å²) in [4.78, 5) is 53.1. The minimum atomic E-state index is -0.472. The number of para-hydroxylation sites is 1. The van der Waals surface area contributed by atoms with Crippen LogP contribution in [0, 0.1) is 0 Å². The molecule has 0 bridgehead atoms.